The lowest BCUT2D eigenvalue weighted by atomic mass is 9.81. The molecule has 172 valence electrons. The van der Waals surface area contributed by atoms with Gasteiger partial charge in [-0.3, -0.25) is 0 Å². The molecular formula is C36H28. The monoisotopic (exact) mass is 460 g/mol. The molecule has 0 spiro atoms. The normalized spacial score (nSPS) is 21.6. The molecule has 4 aromatic carbocycles. The highest BCUT2D eigenvalue weighted by atomic mass is 14.2. The number of benzene rings is 4. The Kier molecular flexibility index (Phi) is 7.46. The van der Waals surface area contributed by atoms with Crippen LogP contribution in [0.1, 0.15) is 22.3 Å². The number of allylic oxidation sites excluding steroid dienone is 12. The van der Waals surface area contributed by atoms with E-state index in [1.165, 1.54) is 44.5 Å². The highest BCUT2D eigenvalue weighted by Crippen LogP contribution is 2.44. The van der Waals surface area contributed by atoms with Gasteiger partial charge in [-0.2, -0.15) is 0 Å². The molecule has 0 aliphatic heterocycles. The lowest BCUT2D eigenvalue weighted by Crippen LogP contribution is -2.00. The standard InChI is InChI=1S/C36H28/c1-2-4-18-28-34(30-21-11-6-12-22-30)36(32-25-15-8-16-26-32)35(31-23-13-7-14-24-31)33(27-17-3-1)29-19-9-5-10-20-29/h1-28H/b2-1-,3-1?,4-2?,17-3-,18-4-,27-17?,28-18?,33-27-,34-28-,35-33?,36-34?,36-35-. The number of hydrogen-bond donors (Lipinski definition) is 0. The van der Waals surface area contributed by atoms with E-state index in [1.807, 2.05) is 0 Å². The van der Waals surface area contributed by atoms with Gasteiger partial charge in [-0.05, 0) is 44.5 Å². The average molecular weight is 461 g/mol. The molecule has 0 heteroatoms. The molecule has 0 atom stereocenters. The molecule has 0 saturated carbocycles. The summed E-state index contributed by atoms with van der Waals surface area (Å²) in [7, 11) is 0. The summed E-state index contributed by atoms with van der Waals surface area (Å²) in [6.45, 7) is 0. The highest BCUT2D eigenvalue weighted by molar-refractivity contribution is 6.25. The van der Waals surface area contributed by atoms with E-state index in [0.29, 0.717) is 0 Å². The van der Waals surface area contributed by atoms with Gasteiger partial charge in [0.25, 0.3) is 0 Å². The van der Waals surface area contributed by atoms with Crippen LogP contribution >= 0.6 is 0 Å². The first-order valence-corrected chi connectivity index (χ1v) is 12.3. The molecule has 0 amide bonds. The molecule has 0 aromatic heterocycles. The van der Waals surface area contributed by atoms with Crippen LogP contribution in [0.5, 0.6) is 0 Å². The van der Waals surface area contributed by atoms with Crippen LogP contribution in [-0.2, 0) is 0 Å². The molecular weight excluding hydrogens is 432 g/mol. The Morgan fingerprint density at radius 3 is 0.861 bits per heavy atom. The minimum atomic E-state index is 1.18. The van der Waals surface area contributed by atoms with Crippen molar-refractivity contribution in [3.8, 4) is 0 Å². The first kappa shape index (κ1) is 23.1. The fourth-order valence-corrected chi connectivity index (χ4v) is 4.52. The topological polar surface area (TPSA) is 0 Å². The maximum Gasteiger partial charge on any atom is -0.00206 e. The molecule has 0 unspecified atom stereocenters. The molecule has 0 nitrogen and oxygen atoms in total. The Morgan fingerprint density at radius 1 is 0.250 bits per heavy atom. The zero-order valence-corrected chi connectivity index (χ0v) is 20.2. The second kappa shape index (κ2) is 11.6. The summed E-state index contributed by atoms with van der Waals surface area (Å²) in [6, 6.07) is 42.8. The molecule has 4 aromatic rings. The Hall–Kier alpha value is -4.68. The molecule has 0 saturated heterocycles. The van der Waals surface area contributed by atoms with Crippen molar-refractivity contribution in [2.45, 2.75) is 0 Å². The number of rotatable bonds is 4. The first-order chi connectivity index (χ1) is 17.9. The van der Waals surface area contributed by atoms with E-state index >= 15 is 0 Å². The van der Waals surface area contributed by atoms with Crippen LogP contribution in [0.2, 0.25) is 0 Å². The zero-order chi connectivity index (χ0) is 24.4. The Labute approximate surface area is 214 Å². The van der Waals surface area contributed by atoms with Crippen LogP contribution in [-0.4, -0.2) is 0 Å². The maximum atomic E-state index is 2.24. The summed E-state index contributed by atoms with van der Waals surface area (Å²) in [6.07, 6.45) is 17.0. The van der Waals surface area contributed by atoms with Gasteiger partial charge >= 0.3 is 0 Å². The number of hydrogen-bond acceptors (Lipinski definition) is 0. The van der Waals surface area contributed by atoms with E-state index in [-0.39, 0.29) is 0 Å². The fourth-order valence-electron chi connectivity index (χ4n) is 4.52. The minimum Gasteiger partial charge on any atom is -0.0623 e. The molecule has 1 aliphatic rings. The second-order valence-corrected chi connectivity index (χ2v) is 8.53. The molecule has 0 heterocycles. The Bertz CT molecular complexity index is 1350. The second-order valence-electron chi connectivity index (χ2n) is 8.53. The fraction of sp³-hybridized carbons (Fsp3) is 0. The minimum absolute atomic E-state index is 1.18. The van der Waals surface area contributed by atoms with Gasteiger partial charge in [-0.25, -0.2) is 0 Å². The SMILES string of the molecule is C1=C\C=C/C=C(c2ccccc2)\C(c2ccccc2)=C(c2ccccc2)/C(c2ccccc2)=C\C=C/1. The molecule has 0 fully saturated rings. The van der Waals surface area contributed by atoms with E-state index in [4.69, 9.17) is 0 Å². The van der Waals surface area contributed by atoms with Gasteiger partial charge in [0.2, 0.25) is 0 Å². The zero-order valence-electron chi connectivity index (χ0n) is 20.2. The Balaban J connectivity index is 1.95. The summed E-state index contributed by atoms with van der Waals surface area (Å²) in [5.74, 6) is 0. The van der Waals surface area contributed by atoms with E-state index < -0.39 is 0 Å². The van der Waals surface area contributed by atoms with Crippen LogP contribution in [0.4, 0.5) is 0 Å². The molecule has 36 heavy (non-hydrogen) atoms. The van der Waals surface area contributed by atoms with Crippen molar-refractivity contribution in [1.29, 1.82) is 0 Å². The molecule has 0 radical (unpaired) electrons. The van der Waals surface area contributed by atoms with Crippen molar-refractivity contribution in [3.05, 3.63) is 192 Å². The lowest BCUT2D eigenvalue weighted by Gasteiger charge is -2.22. The van der Waals surface area contributed by atoms with Crippen LogP contribution < -0.4 is 0 Å². The third-order valence-electron chi connectivity index (χ3n) is 6.16. The van der Waals surface area contributed by atoms with Crippen LogP contribution in [0.3, 0.4) is 0 Å². The van der Waals surface area contributed by atoms with Crippen molar-refractivity contribution >= 4 is 22.3 Å². The van der Waals surface area contributed by atoms with E-state index in [0.717, 1.165) is 0 Å². The van der Waals surface area contributed by atoms with Gasteiger partial charge in [0.1, 0.15) is 0 Å². The van der Waals surface area contributed by atoms with Gasteiger partial charge in [0.05, 0.1) is 0 Å². The smallest absolute Gasteiger partial charge is 0.00206 e. The van der Waals surface area contributed by atoms with Gasteiger partial charge in [-0.1, -0.05) is 170 Å². The summed E-state index contributed by atoms with van der Waals surface area (Å²) < 4.78 is 0. The summed E-state index contributed by atoms with van der Waals surface area (Å²) >= 11 is 0. The van der Waals surface area contributed by atoms with Gasteiger partial charge in [0, 0.05) is 0 Å². The third-order valence-corrected chi connectivity index (χ3v) is 6.16. The van der Waals surface area contributed by atoms with E-state index in [1.54, 1.807) is 0 Å². The van der Waals surface area contributed by atoms with Crippen molar-refractivity contribution < 1.29 is 0 Å². The van der Waals surface area contributed by atoms with E-state index in [9.17, 15) is 0 Å². The summed E-state index contributed by atoms with van der Waals surface area (Å²) in [5.41, 5.74) is 9.47. The average Bonchev–Trinajstić information content (AvgIpc) is 2.95. The predicted molar refractivity (Wildman–Crippen MR) is 156 cm³/mol. The first-order valence-electron chi connectivity index (χ1n) is 12.3. The quantitative estimate of drug-likeness (QED) is 0.284. The van der Waals surface area contributed by atoms with Gasteiger partial charge in [-0.15, -0.1) is 0 Å². The molecule has 1 aliphatic carbocycles. The maximum absolute atomic E-state index is 2.24. The Morgan fingerprint density at radius 2 is 0.528 bits per heavy atom. The van der Waals surface area contributed by atoms with Crippen molar-refractivity contribution in [3.63, 3.8) is 0 Å². The largest absolute Gasteiger partial charge is 0.0623 e. The third kappa shape index (κ3) is 5.35. The van der Waals surface area contributed by atoms with Gasteiger partial charge < -0.3 is 0 Å². The summed E-state index contributed by atoms with van der Waals surface area (Å²) in [5, 5.41) is 0. The van der Waals surface area contributed by atoms with Crippen LogP contribution in [0.15, 0.2) is 170 Å². The highest BCUT2D eigenvalue weighted by Gasteiger charge is 2.21. The van der Waals surface area contributed by atoms with Crippen molar-refractivity contribution in [2.75, 3.05) is 0 Å². The predicted octanol–water partition coefficient (Wildman–Crippen LogP) is 9.45. The van der Waals surface area contributed by atoms with Gasteiger partial charge in [0.15, 0.2) is 0 Å². The molecule has 5 rings (SSSR count). The summed E-state index contributed by atoms with van der Waals surface area (Å²) in [4.78, 5) is 0. The van der Waals surface area contributed by atoms with Crippen molar-refractivity contribution in [1.82, 2.24) is 0 Å². The lowest BCUT2D eigenvalue weighted by molar-refractivity contribution is 1.55. The molecule has 0 bridgehead atoms. The van der Waals surface area contributed by atoms with Crippen LogP contribution in [0, 0.1) is 0 Å². The molecule has 0 N–H and O–H groups in total. The van der Waals surface area contributed by atoms with Crippen LogP contribution in [0.25, 0.3) is 22.3 Å². The van der Waals surface area contributed by atoms with E-state index in [2.05, 4.69) is 170 Å². The van der Waals surface area contributed by atoms with Crippen molar-refractivity contribution in [2.24, 2.45) is 0 Å².